The van der Waals surface area contributed by atoms with Gasteiger partial charge in [0.2, 0.25) is 0 Å². The van der Waals surface area contributed by atoms with Crippen LogP contribution >= 0.6 is 11.8 Å². The molecule has 1 unspecified atom stereocenters. The molecule has 0 bridgehead atoms. The molecule has 162 valence electrons. The van der Waals surface area contributed by atoms with E-state index in [2.05, 4.69) is 26.7 Å². The molecule has 2 aliphatic heterocycles. The molecule has 0 radical (unpaired) electrons. The molecule has 1 aromatic heterocycles. The van der Waals surface area contributed by atoms with Crippen LogP contribution < -0.4 is 0 Å². The molecular formula is C22H30N4O3S. The fraction of sp³-hybridized carbons (Fsp3) is 0.591. The van der Waals surface area contributed by atoms with Crippen LogP contribution in [0, 0.1) is 0 Å². The van der Waals surface area contributed by atoms with Gasteiger partial charge in [0.1, 0.15) is 5.82 Å². The minimum absolute atomic E-state index is 0.292. The third-order valence-electron chi connectivity index (χ3n) is 6.02. The van der Waals surface area contributed by atoms with Gasteiger partial charge in [-0.1, -0.05) is 23.9 Å². The maximum Gasteiger partial charge on any atom is 0.337 e. The maximum atomic E-state index is 11.6. The van der Waals surface area contributed by atoms with Gasteiger partial charge in [0.05, 0.1) is 18.8 Å². The van der Waals surface area contributed by atoms with Crippen molar-refractivity contribution in [1.82, 2.24) is 19.7 Å². The van der Waals surface area contributed by atoms with Crippen molar-refractivity contribution < 1.29 is 14.3 Å². The van der Waals surface area contributed by atoms with Gasteiger partial charge in [-0.15, -0.1) is 10.2 Å². The van der Waals surface area contributed by atoms with E-state index in [0.29, 0.717) is 17.6 Å². The number of hydrogen-bond donors (Lipinski definition) is 0. The SMILES string of the molecule is COC(=O)c1ccc(CN2CCC(c3nnc(SCC4CCCO4)n3C)CC2)cc1. The summed E-state index contributed by atoms with van der Waals surface area (Å²) < 4.78 is 12.6. The van der Waals surface area contributed by atoms with E-state index in [-0.39, 0.29) is 5.97 Å². The largest absolute Gasteiger partial charge is 0.465 e. The Morgan fingerprint density at radius 1 is 1.20 bits per heavy atom. The number of carbonyl (C=O) groups is 1. The molecule has 0 amide bonds. The van der Waals surface area contributed by atoms with Crippen LogP contribution in [-0.4, -0.2) is 64.3 Å². The van der Waals surface area contributed by atoms with Crippen molar-refractivity contribution in [2.45, 2.75) is 49.4 Å². The van der Waals surface area contributed by atoms with Crippen LogP contribution in [0.2, 0.25) is 0 Å². The number of likely N-dealkylation sites (tertiary alicyclic amines) is 1. The number of benzene rings is 1. The smallest absolute Gasteiger partial charge is 0.337 e. The molecule has 30 heavy (non-hydrogen) atoms. The maximum absolute atomic E-state index is 11.6. The Kier molecular flexibility index (Phi) is 7.07. The molecule has 2 aromatic rings. The van der Waals surface area contributed by atoms with Gasteiger partial charge in [0, 0.05) is 31.9 Å². The Morgan fingerprint density at radius 2 is 1.97 bits per heavy atom. The highest BCUT2D eigenvalue weighted by Gasteiger charge is 2.26. The van der Waals surface area contributed by atoms with E-state index in [0.717, 1.165) is 62.2 Å². The second-order valence-corrected chi connectivity index (χ2v) is 9.07. The van der Waals surface area contributed by atoms with Crippen LogP contribution in [0.4, 0.5) is 0 Å². The third-order valence-corrected chi connectivity index (χ3v) is 7.18. The van der Waals surface area contributed by atoms with E-state index in [9.17, 15) is 4.79 Å². The zero-order chi connectivity index (χ0) is 20.9. The monoisotopic (exact) mass is 430 g/mol. The number of hydrogen-bond acceptors (Lipinski definition) is 7. The second-order valence-electron chi connectivity index (χ2n) is 8.08. The molecule has 1 atom stereocenters. The van der Waals surface area contributed by atoms with Gasteiger partial charge in [0.15, 0.2) is 5.16 Å². The third kappa shape index (κ3) is 5.04. The quantitative estimate of drug-likeness (QED) is 0.493. The lowest BCUT2D eigenvalue weighted by Gasteiger charge is -2.31. The Hall–Kier alpha value is -1.90. The van der Waals surface area contributed by atoms with Gasteiger partial charge in [-0.05, 0) is 56.5 Å². The van der Waals surface area contributed by atoms with Crippen molar-refractivity contribution in [2.24, 2.45) is 7.05 Å². The highest BCUT2D eigenvalue weighted by Crippen LogP contribution is 2.30. The Balaban J connectivity index is 1.27. The van der Waals surface area contributed by atoms with Crippen molar-refractivity contribution in [1.29, 1.82) is 0 Å². The lowest BCUT2D eigenvalue weighted by Crippen LogP contribution is -2.33. The lowest BCUT2D eigenvalue weighted by molar-refractivity contribution is 0.0600. The molecule has 0 spiro atoms. The van der Waals surface area contributed by atoms with Gasteiger partial charge >= 0.3 is 5.97 Å². The number of ether oxygens (including phenoxy) is 2. The number of nitrogens with zero attached hydrogens (tertiary/aromatic N) is 4. The zero-order valence-corrected chi connectivity index (χ0v) is 18.6. The van der Waals surface area contributed by atoms with Crippen LogP contribution in [0.3, 0.4) is 0 Å². The summed E-state index contributed by atoms with van der Waals surface area (Å²) in [7, 11) is 3.49. The summed E-state index contributed by atoms with van der Waals surface area (Å²) >= 11 is 1.76. The molecule has 4 rings (SSSR count). The fourth-order valence-electron chi connectivity index (χ4n) is 4.22. The number of carbonyl (C=O) groups excluding carboxylic acids is 1. The zero-order valence-electron chi connectivity index (χ0n) is 17.7. The van der Waals surface area contributed by atoms with Gasteiger partial charge in [-0.2, -0.15) is 0 Å². The van der Waals surface area contributed by atoms with E-state index in [1.54, 1.807) is 11.8 Å². The van der Waals surface area contributed by atoms with Gasteiger partial charge < -0.3 is 14.0 Å². The molecule has 3 heterocycles. The molecule has 8 heteroatoms. The first kappa shape index (κ1) is 21.3. The minimum Gasteiger partial charge on any atom is -0.465 e. The predicted octanol–water partition coefficient (Wildman–Crippen LogP) is 3.25. The second kappa shape index (κ2) is 9.94. The number of piperidine rings is 1. The number of methoxy groups -OCH3 is 1. The summed E-state index contributed by atoms with van der Waals surface area (Å²) in [4.78, 5) is 14.0. The van der Waals surface area contributed by atoms with E-state index in [1.165, 1.54) is 19.1 Å². The van der Waals surface area contributed by atoms with Crippen LogP contribution in [0.15, 0.2) is 29.4 Å². The molecule has 7 nitrogen and oxygen atoms in total. The first-order chi connectivity index (χ1) is 14.6. The van der Waals surface area contributed by atoms with E-state index in [4.69, 9.17) is 9.47 Å². The summed E-state index contributed by atoms with van der Waals surface area (Å²) in [5, 5.41) is 9.95. The Morgan fingerprint density at radius 3 is 2.63 bits per heavy atom. The summed E-state index contributed by atoms with van der Waals surface area (Å²) in [5.74, 6) is 2.22. The first-order valence-electron chi connectivity index (χ1n) is 10.7. The van der Waals surface area contributed by atoms with Crippen molar-refractivity contribution in [3.05, 3.63) is 41.2 Å². The Bertz CT molecular complexity index is 841. The van der Waals surface area contributed by atoms with E-state index >= 15 is 0 Å². The normalized spacial score (nSPS) is 20.5. The number of aromatic nitrogens is 3. The highest BCUT2D eigenvalue weighted by molar-refractivity contribution is 7.99. The summed E-state index contributed by atoms with van der Waals surface area (Å²) in [6.45, 7) is 3.86. The molecule has 1 aromatic carbocycles. The fourth-order valence-corrected chi connectivity index (χ4v) is 5.21. The van der Waals surface area contributed by atoms with Crippen LogP contribution in [0.25, 0.3) is 0 Å². The molecule has 0 aliphatic carbocycles. The van der Waals surface area contributed by atoms with Gasteiger partial charge in [-0.3, -0.25) is 4.90 Å². The summed E-state index contributed by atoms with van der Waals surface area (Å²) in [6, 6.07) is 7.70. The molecule has 2 fully saturated rings. The average molecular weight is 431 g/mol. The number of thioether (sulfide) groups is 1. The summed E-state index contributed by atoms with van der Waals surface area (Å²) in [5.41, 5.74) is 1.81. The molecule has 2 aliphatic rings. The van der Waals surface area contributed by atoms with E-state index < -0.39 is 0 Å². The van der Waals surface area contributed by atoms with Crippen LogP contribution in [0.1, 0.15) is 53.3 Å². The first-order valence-corrected chi connectivity index (χ1v) is 11.7. The predicted molar refractivity (Wildman–Crippen MR) is 116 cm³/mol. The molecule has 0 N–H and O–H groups in total. The number of esters is 1. The average Bonchev–Trinajstić information content (AvgIpc) is 3.42. The topological polar surface area (TPSA) is 69.5 Å². The molecule has 2 saturated heterocycles. The lowest BCUT2D eigenvalue weighted by atomic mass is 9.95. The van der Waals surface area contributed by atoms with Crippen molar-refractivity contribution >= 4 is 17.7 Å². The standard InChI is InChI=1S/C22H30N4O3S/c1-25-20(23-24-22(25)30-15-19-4-3-13-29-19)17-9-11-26(12-10-17)14-16-5-7-18(8-6-16)21(27)28-2/h5-8,17,19H,3-4,9-15H2,1-2H3. The minimum atomic E-state index is -0.292. The molecule has 0 saturated carbocycles. The van der Waals surface area contributed by atoms with E-state index in [1.807, 2.05) is 24.3 Å². The molecular weight excluding hydrogens is 400 g/mol. The van der Waals surface area contributed by atoms with Crippen LogP contribution in [0.5, 0.6) is 0 Å². The van der Waals surface area contributed by atoms with Gasteiger partial charge in [-0.25, -0.2) is 4.79 Å². The van der Waals surface area contributed by atoms with Crippen molar-refractivity contribution in [3.63, 3.8) is 0 Å². The number of rotatable bonds is 7. The van der Waals surface area contributed by atoms with Gasteiger partial charge in [0.25, 0.3) is 0 Å². The van der Waals surface area contributed by atoms with Crippen LogP contribution in [-0.2, 0) is 23.1 Å². The highest BCUT2D eigenvalue weighted by atomic mass is 32.2. The van der Waals surface area contributed by atoms with Crippen molar-refractivity contribution in [3.8, 4) is 0 Å². The van der Waals surface area contributed by atoms with Crippen molar-refractivity contribution in [2.75, 3.05) is 32.6 Å². The summed E-state index contributed by atoms with van der Waals surface area (Å²) in [6.07, 6.45) is 4.86. The Labute approximate surface area is 182 Å².